The summed E-state index contributed by atoms with van der Waals surface area (Å²) in [6.45, 7) is 0.481. The highest BCUT2D eigenvalue weighted by Crippen LogP contribution is 2.09. The van der Waals surface area contributed by atoms with Crippen LogP contribution >= 0.6 is 15.9 Å². The van der Waals surface area contributed by atoms with Crippen molar-refractivity contribution in [2.75, 3.05) is 19.0 Å². The zero-order valence-electron chi connectivity index (χ0n) is 10.5. The number of alkyl halides is 1. The van der Waals surface area contributed by atoms with Gasteiger partial charge in [0.15, 0.2) is 0 Å². The highest BCUT2D eigenvalue weighted by atomic mass is 79.9. The molecule has 1 N–H and O–H groups in total. The van der Waals surface area contributed by atoms with Gasteiger partial charge >= 0.3 is 0 Å². The number of fused-ring (bicyclic) bond motifs is 1. The van der Waals surface area contributed by atoms with Crippen LogP contribution in [-0.2, 0) is 4.74 Å². The van der Waals surface area contributed by atoms with Gasteiger partial charge in [-0.25, -0.2) is 4.52 Å². The average molecular weight is 327 g/mol. The quantitative estimate of drug-likeness (QED) is 0.811. The number of carbonyl (C=O) groups excluding carboxylic acids is 1. The summed E-state index contributed by atoms with van der Waals surface area (Å²) in [5.41, 5.74) is 1.21. The van der Waals surface area contributed by atoms with Gasteiger partial charge in [0.1, 0.15) is 0 Å². The van der Waals surface area contributed by atoms with E-state index in [0.29, 0.717) is 17.7 Å². The van der Waals surface area contributed by atoms with Crippen molar-refractivity contribution in [1.29, 1.82) is 0 Å². The number of hydrogen-bond donors (Lipinski definition) is 1. The van der Waals surface area contributed by atoms with Gasteiger partial charge in [0.25, 0.3) is 5.91 Å². The first kappa shape index (κ1) is 14.0. The Morgan fingerprint density at radius 3 is 3.16 bits per heavy atom. The normalized spacial score (nSPS) is 12.5. The molecular formula is C12H15BrN4O2. The van der Waals surface area contributed by atoms with E-state index in [2.05, 4.69) is 31.3 Å². The molecule has 19 heavy (non-hydrogen) atoms. The SMILES string of the molecule is COCC(CCBr)NC(=O)c1cnn2ccncc12. The maximum absolute atomic E-state index is 12.2. The van der Waals surface area contributed by atoms with Crippen molar-refractivity contribution >= 4 is 27.4 Å². The molecule has 0 saturated heterocycles. The summed E-state index contributed by atoms with van der Waals surface area (Å²) in [4.78, 5) is 16.2. The second-order valence-corrected chi connectivity index (χ2v) is 4.86. The van der Waals surface area contributed by atoms with E-state index in [4.69, 9.17) is 4.74 Å². The third-order valence-corrected chi connectivity index (χ3v) is 3.19. The maximum atomic E-state index is 12.2. The number of hydrogen-bond acceptors (Lipinski definition) is 4. The third kappa shape index (κ3) is 3.30. The van der Waals surface area contributed by atoms with Crippen LogP contribution in [-0.4, -0.2) is 45.6 Å². The molecule has 2 rings (SSSR count). The fourth-order valence-electron chi connectivity index (χ4n) is 1.80. The minimum Gasteiger partial charge on any atom is -0.383 e. The van der Waals surface area contributed by atoms with E-state index in [1.807, 2.05) is 0 Å². The molecule has 2 aromatic heterocycles. The molecule has 102 valence electrons. The van der Waals surface area contributed by atoms with Gasteiger partial charge < -0.3 is 10.1 Å². The molecule has 0 fully saturated rings. The van der Waals surface area contributed by atoms with Crippen LogP contribution in [0.25, 0.3) is 5.52 Å². The predicted octanol–water partition coefficient (Wildman–Crippen LogP) is 1.26. The summed E-state index contributed by atoms with van der Waals surface area (Å²) in [7, 11) is 1.62. The molecule has 0 aliphatic carbocycles. The van der Waals surface area contributed by atoms with Crippen molar-refractivity contribution in [3.05, 3.63) is 30.4 Å². The van der Waals surface area contributed by atoms with Crippen LogP contribution in [0.4, 0.5) is 0 Å². The lowest BCUT2D eigenvalue weighted by Crippen LogP contribution is -2.38. The number of carbonyl (C=O) groups is 1. The number of nitrogens with one attached hydrogen (secondary N) is 1. The highest BCUT2D eigenvalue weighted by Gasteiger charge is 2.16. The van der Waals surface area contributed by atoms with Gasteiger partial charge in [-0.3, -0.25) is 9.78 Å². The lowest BCUT2D eigenvalue weighted by atomic mass is 10.2. The molecule has 1 unspecified atom stereocenters. The third-order valence-electron chi connectivity index (χ3n) is 2.73. The van der Waals surface area contributed by atoms with Crippen LogP contribution in [0.3, 0.4) is 0 Å². The van der Waals surface area contributed by atoms with Crippen molar-refractivity contribution in [1.82, 2.24) is 19.9 Å². The maximum Gasteiger partial charge on any atom is 0.255 e. The molecule has 7 heteroatoms. The van der Waals surface area contributed by atoms with Crippen molar-refractivity contribution in [3.63, 3.8) is 0 Å². The van der Waals surface area contributed by atoms with E-state index in [1.54, 1.807) is 36.4 Å². The molecule has 6 nitrogen and oxygen atoms in total. The Morgan fingerprint density at radius 2 is 2.42 bits per heavy atom. The van der Waals surface area contributed by atoms with E-state index in [0.717, 1.165) is 11.8 Å². The van der Waals surface area contributed by atoms with Crippen LogP contribution in [0.2, 0.25) is 0 Å². The molecule has 0 radical (unpaired) electrons. The molecule has 0 aliphatic heterocycles. The average Bonchev–Trinajstić information content (AvgIpc) is 2.83. The first-order chi connectivity index (χ1) is 9.26. The van der Waals surface area contributed by atoms with Gasteiger partial charge in [0.2, 0.25) is 0 Å². The second kappa shape index (κ2) is 6.63. The van der Waals surface area contributed by atoms with Crippen molar-refractivity contribution in [2.24, 2.45) is 0 Å². The fraction of sp³-hybridized carbons (Fsp3) is 0.417. The number of ether oxygens (including phenoxy) is 1. The van der Waals surface area contributed by atoms with Crippen molar-refractivity contribution < 1.29 is 9.53 Å². The van der Waals surface area contributed by atoms with Gasteiger partial charge in [0.05, 0.1) is 36.1 Å². The largest absolute Gasteiger partial charge is 0.383 e. The van der Waals surface area contributed by atoms with E-state index < -0.39 is 0 Å². The Hall–Kier alpha value is -1.47. The molecule has 0 saturated carbocycles. The molecule has 2 heterocycles. The molecule has 0 bridgehead atoms. The molecule has 0 spiro atoms. The van der Waals surface area contributed by atoms with Gasteiger partial charge in [-0.15, -0.1) is 0 Å². The van der Waals surface area contributed by atoms with Crippen LogP contribution in [0, 0.1) is 0 Å². The predicted molar refractivity (Wildman–Crippen MR) is 74.5 cm³/mol. The van der Waals surface area contributed by atoms with Gasteiger partial charge in [-0.2, -0.15) is 5.10 Å². The number of aromatic nitrogens is 3. The highest BCUT2D eigenvalue weighted by molar-refractivity contribution is 9.09. The number of halogens is 1. The zero-order chi connectivity index (χ0) is 13.7. The molecule has 0 aromatic carbocycles. The second-order valence-electron chi connectivity index (χ2n) is 4.07. The smallest absolute Gasteiger partial charge is 0.255 e. The van der Waals surface area contributed by atoms with Crippen LogP contribution in [0.1, 0.15) is 16.8 Å². The minimum absolute atomic E-state index is 0.0245. The summed E-state index contributed by atoms with van der Waals surface area (Å²) < 4.78 is 6.72. The molecular weight excluding hydrogens is 312 g/mol. The number of nitrogens with zero attached hydrogens (tertiary/aromatic N) is 3. The van der Waals surface area contributed by atoms with Gasteiger partial charge in [0, 0.05) is 24.8 Å². The standard InChI is InChI=1S/C12H15BrN4O2/c1-19-8-9(2-3-13)16-12(18)10-6-15-17-5-4-14-7-11(10)17/h4-7,9H,2-3,8H2,1H3,(H,16,18). The van der Waals surface area contributed by atoms with Gasteiger partial charge in [-0.05, 0) is 6.42 Å². The molecule has 1 atom stereocenters. The Balaban J connectivity index is 2.14. The van der Waals surface area contributed by atoms with Crippen molar-refractivity contribution in [3.8, 4) is 0 Å². The van der Waals surface area contributed by atoms with Gasteiger partial charge in [-0.1, -0.05) is 15.9 Å². The van der Waals surface area contributed by atoms with E-state index >= 15 is 0 Å². The monoisotopic (exact) mass is 326 g/mol. The van der Waals surface area contributed by atoms with Crippen LogP contribution < -0.4 is 5.32 Å². The Morgan fingerprint density at radius 1 is 1.58 bits per heavy atom. The number of methoxy groups -OCH3 is 1. The Kier molecular flexibility index (Phi) is 4.86. The first-order valence-electron chi connectivity index (χ1n) is 5.89. The summed E-state index contributed by atoms with van der Waals surface area (Å²) in [5.74, 6) is -0.161. The lowest BCUT2D eigenvalue weighted by Gasteiger charge is -2.16. The Labute approximate surface area is 119 Å². The van der Waals surface area contributed by atoms with Crippen molar-refractivity contribution in [2.45, 2.75) is 12.5 Å². The Bertz CT molecular complexity index is 551. The number of rotatable bonds is 6. The van der Waals surface area contributed by atoms with Crippen LogP contribution in [0.5, 0.6) is 0 Å². The molecule has 1 amide bonds. The van der Waals surface area contributed by atoms with Crippen LogP contribution in [0.15, 0.2) is 24.8 Å². The summed E-state index contributed by atoms with van der Waals surface area (Å²) >= 11 is 3.37. The topological polar surface area (TPSA) is 68.5 Å². The zero-order valence-corrected chi connectivity index (χ0v) is 12.1. The van der Waals surface area contributed by atoms with E-state index in [9.17, 15) is 4.79 Å². The number of amides is 1. The van der Waals surface area contributed by atoms with E-state index in [1.165, 1.54) is 0 Å². The lowest BCUT2D eigenvalue weighted by molar-refractivity contribution is 0.0897. The summed E-state index contributed by atoms with van der Waals surface area (Å²) in [6.07, 6.45) is 7.30. The van der Waals surface area contributed by atoms with E-state index in [-0.39, 0.29) is 11.9 Å². The summed E-state index contributed by atoms with van der Waals surface area (Å²) in [5, 5.41) is 7.86. The molecule has 2 aromatic rings. The molecule has 0 aliphatic rings. The first-order valence-corrected chi connectivity index (χ1v) is 7.01. The summed E-state index contributed by atoms with van der Waals surface area (Å²) in [6, 6.07) is -0.0245. The minimum atomic E-state index is -0.161. The fourth-order valence-corrected chi connectivity index (χ4v) is 2.36.